The number of aliphatic hydroxyl groups excluding tert-OH is 1. The summed E-state index contributed by atoms with van der Waals surface area (Å²) in [6.07, 6.45) is 0. The molecule has 1 fully saturated rings. The van der Waals surface area contributed by atoms with Crippen molar-refractivity contribution in [2.24, 2.45) is 0 Å². The van der Waals surface area contributed by atoms with Crippen molar-refractivity contribution in [1.29, 1.82) is 0 Å². The van der Waals surface area contributed by atoms with Gasteiger partial charge in [0, 0.05) is 0 Å². The number of phenols is 2. The predicted octanol–water partition coefficient (Wildman–Crippen LogP) is 3.74. The van der Waals surface area contributed by atoms with Crippen molar-refractivity contribution in [3.63, 3.8) is 0 Å². The molecule has 1 saturated heterocycles. The molecule has 3 aromatic rings. The molecule has 0 saturated carbocycles. The second-order valence-electron chi connectivity index (χ2n) is 7.29. The maximum absolute atomic E-state index is 13.2. The van der Waals surface area contributed by atoms with Gasteiger partial charge in [-0.25, -0.2) is 0 Å². The molecule has 4 rings (SSSR count). The predicted molar refractivity (Wildman–Crippen MR) is 121 cm³/mol. The summed E-state index contributed by atoms with van der Waals surface area (Å²) in [6.45, 7) is 0. The fourth-order valence-electron chi connectivity index (χ4n) is 3.94. The van der Waals surface area contributed by atoms with Gasteiger partial charge in [0.1, 0.15) is 34.3 Å². The number of aliphatic hydroxyl groups is 1. The number of para-hydroxylation sites is 2. The van der Waals surface area contributed by atoms with Gasteiger partial charge in [0.2, 0.25) is 0 Å². The Kier molecular flexibility index (Phi) is 5.66. The number of hydrogen-bond acceptors (Lipinski definition) is 7. The van der Waals surface area contributed by atoms with Crippen LogP contribution in [0.2, 0.25) is 0 Å². The number of nitrogens with zero attached hydrogens (tertiary/aromatic N) is 1. The fraction of sp³-hybridized carbons (Fsp3) is 0.120. The third-order valence-corrected chi connectivity index (χ3v) is 5.46. The van der Waals surface area contributed by atoms with Gasteiger partial charge >= 0.3 is 0 Å². The summed E-state index contributed by atoms with van der Waals surface area (Å²) in [6, 6.07) is 15.7. The topological polar surface area (TPSA) is 117 Å². The van der Waals surface area contributed by atoms with E-state index in [1.54, 1.807) is 30.3 Å². The number of carbonyl (C=O) groups is 2. The van der Waals surface area contributed by atoms with Crippen molar-refractivity contribution in [1.82, 2.24) is 0 Å². The van der Waals surface area contributed by atoms with E-state index >= 15 is 0 Å². The van der Waals surface area contributed by atoms with Gasteiger partial charge in [-0.05, 0) is 42.0 Å². The minimum Gasteiger partial charge on any atom is -0.508 e. The average molecular weight is 447 g/mol. The number of hydrogen-bond donors (Lipinski definition) is 3. The molecule has 0 bridgehead atoms. The molecule has 0 spiro atoms. The second-order valence-corrected chi connectivity index (χ2v) is 7.29. The number of anilines is 1. The summed E-state index contributed by atoms with van der Waals surface area (Å²) in [7, 11) is 2.81. The number of aromatic hydroxyl groups is 2. The number of ketones is 1. The molecule has 3 N–H and O–H groups in total. The highest BCUT2D eigenvalue weighted by atomic mass is 16.5. The Morgan fingerprint density at radius 2 is 1.45 bits per heavy atom. The molecule has 1 amide bonds. The fourth-order valence-corrected chi connectivity index (χ4v) is 3.94. The van der Waals surface area contributed by atoms with E-state index in [9.17, 15) is 24.9 Å². The standard InChI is InChI=1S/C25H21NO7/c1-32-18-8-5-9-19(33-2)20(18)23(29)21-22(14-10-12-15(27)13-11-14)26(25(31)24(21)30)16-6-3-4-7-17(16)28/h3-13,22,27-29H,1-2H3/b23-21+. The second kappa shape index (κ2) is 8.58. The first-order valence-corrected chi connectivity index (χ1v) is 9.98. The lowest BCUT2D eigenvalue weighted by molar-refractivity contribution is -0.132. The third kappa shape index (κ3) is 3.61. The molecular weight excluding hydrogens is 426 g/mol. The number of Topliss-reactive ketones (excluding diaryl/α,β-unsaturated/α-hetero) is 1. The average Bonchev–Trinajstić information content (AvgIpc) is 3.09. The Morgan fingerprint density at radius 3 is 2.03 bits per heavy atom. The van der Waals surface area contributed by atoms with Crippen LogP contribution < -0.4 is 14.4 Å². The lowest BCUT2D eigenvalue weighted by Gasteiger charge is -2.26. The van der Waals surface area contributed by atoms with Crippen LogP contribution in [-0.4, -0.2) is 41.2 Å². The van der Waals surface area contributed by atoms with E-state index in [2.05, 4.69) is 0 Å². The Hall–Kier alpha value is -4.46. The number of rotatable bonds is 5. The lowest BCUT2D eigenvalue weighted by Crippen LogP contribution is -2.29. The van der Waals surface area contributed by atoms with E-state index in [-0.39, 0.29) is 39.8 Å². The number of phenolic OH excluding ortho intramolecular Hbond substituents is 2. The number of benzene rings is 3. The van der Waals surface area contributed by atoms with E-state index in [1.807, 2.05) is 0 Å². The minimum atomic E-state index is -1.09. The monoisotopic (exact) mass is 447 g/mol. The maximum Gasteiger partial charge on any atom is 0.300 e. The SMILES string of the molecule is COc1cccc(OC)c1/C(O)=C1\C(=O)C(=O)N(c2ccccc2O)C1c1ccc(O)cc1. The molecule has 0 aromatic heterocycles. The van der Waals surface area contributed by atoms with Crippen LogP contribution in [-0.2, 0) is 9.59 Å². The normalized spacial score (nSPS) is 17.3. The molecular formula is C25H21NO7. The zero-order chi connectivity index (χ0) is 23.7. The quantitative estimate of drug-likeness (QED) is 0.310. The molecule has 1 aliphatic heterocycles. The van der Waals surface area contributed by atoms with Crippen LogP contribution in [0.1, 0.15) is 17.2 Å². The molecule has 8 heteroatoms. The zero-order valence-corrected chi connectivity index (χ0v) is 17.9. The first-order valence-electron chi connectivity index (χ1n) is 9.98. The van der Waals surface area contributed by atoms with Crippen molar-refractivity contribution in [3.05, 3.63) is 83.4 Å². The maximum atomic E-state index is 13.2. The lowest BCUT2D eigenvalue weighted by atomic mass is 9.94. The Labute approximate surface area is 189 Å². The van der Waals surface area contributed by atoms with Gasteiger partial charge in [0.25, 0.3) is 11.7 Å². The molecule has 1 unspecified atom stereocenters. The van der Waals surface area contributed by atoms with Crippen molar-refractivity contribution < 1.29 is 34.4 Å². The molecule has 1 aliphatic rings. The summed E-state index contributed by atoms with van der Waals surface area (Å²) >= 11 is 0. The Balaban J connectivity index is 2.03. The van der Waals surface area contributed by atoms with Crippen LogP contribution in [0.15, 0.2) is 72.3 Å². The van der Waals surface area contributed by atoms with E-state index < -0.39 is 23.5 Å². The summed E-state index contributed by atoms with van der Waals surface area (Å²) in [4.78, 5) is 27.5. The summed E-state index contributed by atoms with van der Waals surface area (Å²) in [5.41, 5.74) is 0.438. The van der Waals surface area contributed by atoms with Crippen LogP contribution >= 0.6 is 0 Å². The van der Waals surface area contributed by atoms with Gasteiger partial charge in [0.05, 0.1) is 31.5 Å². The van der Waals surface area contributed by atoms with E-state index in [1.165, 1.54) is 50.6 Å². The van der Waals surface area contributed by atoms with Crippen molar-refractivity contribution in [3.8, 4) is 23.0 Å². The van der Waals surface area contributed by atoms with Gasteiger partial charge in [-0.15, -0.1) is 0 Å². The molecule has 3 aromatic carbocycles. The van der Waals surface area contributed by atoms with Gasteiger partial charge in [-0.3, -0.25) is 14.5 Å². The highest BCUT2D eigenvalue weighted by molar-refractivity contribution is 6.52. The Morgan fingerprint density at radius 1 is 0.848 bits per heavy atom. The number of amides is 1. The number of methoxy groups -OCH3 is 2. The van der Waals surface area contributed by atoms with Gasteiger partial charge in [-0.2, -0.15) is 0 Å². The van der Waals surface area contributed by atoms with Crippen LogP contribution in [0.25, 0.3) is 5.76 Å². The van der Waals surface area contributed by atoms with E-state index in [4.69, 9.17) is 9.47 Å². The largest absolute Gasteiger partial charge is 0.508 e. The number of ether oxygens (including phenoxy) is 2. The molecule has 168 valence electrons. The Bertz CT molecular complexity index is 1240. The summed E-state index contributed by atoms with van der Waals surface area (Å²) in [5.74, 6) is -2.09. The minimum absolute atomic E-state index is 0.00958. The molecule has 0 radical (unpaired) electrons. The summed E-state index contributed by atoms with van der Waals surface area (Å²) < 4.78 is 10.7. The third-order valence-electron chi connectivity index (χ3n) is 5.46. The van der Waals surface area contributed by atoms with Gasteiger partial charge < -0.3 is 24.8 Å². The molecule has 1 atom stereocenters. The van der Waals surface area contributed by atoms with E-state index in [0.29, 0.717) is 5.56 Å². The molecule has 0 aliphatic carbocycles. The highest BCUT2D eigenvalue weighted by Gasteiger charge is 2.48. The number of carbonyl (C=O) groups excluding carboxylic acids is 2. The van der Waals surface area contributed by atoms with Crippen molar-refractivity contribution >= 4 is 23.1 Å². The van der Waals surface area contributed by atoms with Gasteiger partial charge in [0.15, 0.2) is 0 Å². The smallest absolute Gasteiger partial charge is 0.300 e. The van der Waals surface area contributed by atoms with Crippen LogP contribution in [0.3, 0.4) is 0 Å². The van der Waals surface area contributed by atoms with Crippen molar-refractivity contribution in [2.75, 3.05) is 19.1 Å². The van der Waals surface area contributed by atoms with Gasteiger partial charge in [-0.1, -0.05) is 30.3 Å². The van der Waals surface area contributed by atoms with Crippen LogP contribution in [0.4, 0.5) is 5.69 Å². The molecule has 1 heterocycles. The van der Waals surface area contributed by atoms with E-state index in [0.717, 1.165) is 4.90 Å². The van der Waals surface area contributed by atoms with Crippen molar-refractivity contribution in [2.45, 2.75) is 6.04 Å². The summed E-state index contributed by atoms with van der Waals surface area (Å²) in [5, 5.41) is 31.5. The molecule has 33 heavy (non-hydrogen) atoms. The first kappa shape index (κ1) is 21.8. The molecule has 8 nitrogen and oxygen atoms in total. The van der Waals surface area contributed by atoms with Crippen LogP contribution in [0.5, 0.6) is 23.0 Å². The highest BCUT2D eigenvalue weighted by Crippen LogP contribution is 2.46. The first-order chi connectivity index (χ1) is 15.9. The van der Waals surface area contributed by atoms with Crippen LogP contribution in [0, 0.1) is 0 Å². The zero-order valence-electron chi connectivity index (χ0n) is 17.9.